The van der Waals surface area contributed by atoms with Crippen LogP contribution in [0, 0.1) is 0 Å². The summed E-state index contributed by atoms with van der Waals surface area (Å²) in [5.74, 6) is 0. The van der Waals surface area contributed by atoms with Crippen LogP contribution >= 0.6 is 0 Å². The fourth-order valence-corrected chi connectivity index (χ4v) is 0. The van der Waals surface area contributed by atoms with E-state index in [1.807, 2.05) is 0 Å². The molecule has 0 fully saturated rings. The van der Waals surface area contributed by atoms with Crippen molar-refractivity contribution in [2.75, 3.05) is 13.1 Å². The van der Waals surface area contributed by atoms with E-state index in [1.54, 1.807) is 0 Å². The van der Waals surface area contributed by atoms with Crippen molar-refractivity contribution in [2.24, 2.45) is 0 Å². The molecule has 0 heterocycles. The van der Waals surface area contributed by atoms with Gasteiger partial charge in [-0.3, -0.25) is 0 Å². The minimum absolute atomic E-state index is 1.07. The van der Waals surface area contributed by atoms with Gasteiger partial charge in [-0.25, -0.2) is 0 Å². The van der Waals surface area contributed by atoms with E-state index in [9.17, 15) is 0 Å². The van der Waals surface area contributed by atoms with Crippen molar-refractivity contribution in [1.29, 1.82) is 0 Å². The molecule has 0 bridgehead atoms. The van der Waals surface area contributed by atoms with Gasteiger partial charge in [-0.15, -0.1) is 0 Å². The molecule has 0 rings (SSSR count). The Hall–Kier alpha value is 0.354. The number of hydrogen-bond acceptors (Lipinski definition) is 3. The first-order valence-corrected chi connectivity index (χ1v) is 5.94. The molecular weight excluding hydrogens is 196 g/mol. The van der Waals surface area contributed by atoms with Crippen molar-refractivity contribution >= 4 is 0 Å². The molecule has 5 nitrogen and oxygen atoms in total. The molecule has 0 spiro atoms. The summed E-state index contributed by atoms with van der Waals surface area (Å²) in [6, 6.07) is 0. The zero-order chi connectivity index (χ0) is 10.4. The van der Waals surface area contributed by atoms with E-state index in [0.717, 1.165) is 13.1 Å². The van der Waals surface area contributed by atoms with Gasteiger partial charge in [0.05, 0.1) is 13.1 Å². The summed E-state index contributed by atoms with van der Waals surface area (Å²) in [5, 5.41) is 0. The van der Waals surface area contributed by atoms with Crippen LogP contribution in [0.5, 0.6) is 0 Å². The zero-order valence-corrected chi connectivity index (χ0v) is 9.53. The van der Waals surface area contributed by atoms with Gasteiger partial charge in [0.25, 0.3) is 0 Å². The van der Waals surface area contributed by atoms with Crippen LogP contribution in [0.15, 0.2) is 0 Å². The van der Waals surface area contributed by atoms with Gasteiger partial charge in [0.15, 0.2) is 0 Å². The Morgan fingerprint density at radius 1 is 1.08 bits per heavy atom. The third-order valence-corrected chi connectivity index (χ3v) is 0.707. The van der Waals surface area contributed by atoms with Crippen LogP contribution < -0.4 is 18.8 Å². The summed E-state index contributed by atoms with van der Waals surface area (Å²) in [4.78, 5) is 0. The predicted molar refractivity (Wildman–Crippen MR) is 36.8 cm³/mol. The second-order valence-corrected chi connectivity index (χ2v) is 2.74. The second-order valence-electron chi connectivity index (χ2n) is 1.96. The molecule has 0 aliphatic rings. The van der Waals surface area contributed by atoms with Crippen molar-refractivity contribution in [3.63, 3.8) is 0 Å². The Bertz CT molecular complexity index is 71.2. The summed E-state index contributed by atoms with van der Waals surface area (Å²) in [7, 11) is 0. The molecular formula is C6H20N2O3Ti. The first-order valence-electron chi connectivity index (χ1n) is 4.03. The van der Waals surface area contributed by atoms with Crippen LogP contribution in [0.25, 0.3) is 0 Å². The van der Waals surface area contributed by atoms with Crippen LogP contribution in [-0.2, 0) is 21.9 Å². The zero-order valence-electron chi connectivity index (χ0n) is 7.97. The molecule has 0 amide bonds. The van der Waals surface area contributed by atoms with Gasteiger partial charge < -0.3 is 11.5 Å². The van der Waals surface area contributed by atoms with Gasteiger partial charge >= 0.3 is 29.3 Å². The van der Waals surface area contributed by atoms with Crippen LogP contribution in [0.1, 0.15) is 26.7 Å². The van der Waals surface area contributed by atoms with E-state index >= 15 is 0 Å². The van der Waals surface area contributed by atoms with Crippen molar-refractivity contribution in [3.05, 3.63) is 0 Å². The molecule has 0 saturated carbocycles. The Morgan fingerprint density at radius 3 is 1.17 bits per heavy atom. The monoisotopic (exact) mass is 216 g/mol. The SMILES string of the molecule is CCC[NH3+].CCC[NH3+].[O]=[Ti]([O-])[O-]. The number of rotatable bonds is 2. The van der Waals surface area contributed by atoms with Crippen molar-refractivity contribution in [3.8, 4) is 0 Å². The Morgan fingerprint density at radius 2 is 1.17 bits per heavy atom. The van der Waals surface area contributed by atoms with Gasteiger partial charge in [-0.1, -0.05) is 13.8 Å². The molecule has 0 saturated heterocycles. The Kier molecular flexibility index (Phi) is 34.1. The van der Waals surface area contributed by atoms with Gasteiger partial charge in [0, 0.05) is 0 Å². The van der Waals surface area contributed by atoms with Crippen molar-refractivity contribution in [1.82, 2.24) is 0 Å². The van der Waals surface area contributed by atoms with E-state index in [4.69, 9.17) is 10.7 Å². The number of quaternary nitrogens is 2. The molecule has 0 aliphatic carbocycles. The molecule has 0 radical (unpaired) electrons. The summed E-state index contributed by atoms with van der Waals surface area (Å²) in [6.45, 7) is 6.38. The first kappa shape index (κ1) is 18.2. The molecule has 0 atom stereocenters. The van der Waals surface area contributed by atoms with E-state index in [1.165, 1.54) is 12.8 Å². The standard InChI is InChI=1S/2C3H9N.3O.Ti/c2*1-2-3-4;;;;/h2*2-4H2,1H3;;;;/q;;;2*-1;/p+2. The Labute approximate surface area is 80.9 Å². The second kappa shape index (κ2) is 22.5. The van der Waals surface area contributed by atoms with Gasteiger partial charge in [0.1, 0.15) is 0 Å². The van der Waals surface area contributed by atoms with Crippen molar-refractivity contribution in [2.45, 2.75) is 26.7 Å². The summed E-state index contributed by atoms with van der Waals surface area (Å²) in [5.41, 5.74) is 7.21. The van der Waals surface area contributed by atoms with Gasteiger partial charge in [0.2, 0.25) is 0 Å². The van der Waals surface area contributed by atoms with Gasteiger partial charge in [-0.2, -0.15) is 0 Å². The van der Waals surface area contributed by atoms with E-state index in [-0.39, 0.29) is 0 Å². The minimum atomic E-state index is -4.08. The van der Waals surface area contributed by atoms with E-state index < -0.39 is 18.6 Å². The molecule has 76 valence electrons. The maximum atomic E-state index is 8.58. The summed E-state index contributed by atoms with van der Waals surface area (Å²) < 4.78 is 25.8. The average molecular weight is 216 g/mol. The first-order chi connectivity index (χ1) is 5.56. The average Bonchev–Trinajstić information content (AvgIpc) is 2.03. The van der Waals surface area contributed by atoms with E-state index in [2.05, 4.69) is 25.3 Å². The topological polar surface area (TPSA) is 118 Å². The molecule has 6 N–H and O–H groups in total. The molecule has 0 aromatic carbocycles. The summed E-state index contributed by atoms with van der Waals surface area (Å²) in [6.07, 6.45) is 2.42. The normalized spacial score (nSPS) is 7.17. The summed E-state index contributed by atoms with van der Waals surface area (Å²) >= 11 is -4.08. The fraction of sp³-hybridized carbons (Fsp3) is 1.00. The molecule has 12 heavy (non-hydrogen) atoms. The van der Waals surface area contributed by atoms with Crippen LogP contribution in [0.2, 0.25) is 0 Å². The van der Waals surface area contributed by atoms with Crippen LogP contribution in [0.3, 0.4) is 0 Å². The maximum absolute atomic E-state index is 8.58. The van der Waals surface area contributed by atoms with Gasteiger partial charge in [-0.05, 0) is 12.8 Å². The quantitative estimate of drug-likeness (QED) is 0.472. The van der Waals surface area contributed by atoms with Crippen LogP contribution in [-0.4, -0.2) is 13.1 Å². The van der Waals surface area contributed by atoms with Crippen molar-refractivity contribution < 1.29 is 40.8 Å². The fourth-order valence-electron chi connectivity index (χ4n) is 0. The molecule has 0 unspecified atom stereocenters. The van der Waals surface area contributed by atoms with Crippen LogP contribution in [0.4, 0.5) is 0 Å². The van der Waals surface area contributed by atoms with E-state index in [0.29, 0.717) is 0 Å². The third kappa shape index (κ3) is 163. The molecule has 0 aliphatic heterocycles. The Balaban J connectivity index is -0.000000101. The predicted octanol–water partition coefficient (Wildman–Crippen LogP) is -3.22. The molecule has 0 aromatic rings. The molecule has 6 heteroatoms. The molecule has 0 aromatic heterocycles. The number of hydrogen-bond donors (Lipinski definition) is 2. The third-order valence-electron chi connectivity index (χ3n) is 0.707.